The number of rotatable bonds is 3. The zero-order chi connectivity index (χ0) is 15.6. The molecule has 2 rings (SSSR count). The average Bonchev–Trinajstić information content (AvgIpc) is 2.40. The van der Waals surface area contributed by atoms with E-state index in [1.165, 1.54) is 0 Å². The molecule has 0 aromatic heterocycles. The van der Waals surface area contributed by atoms with E-state index in [1.54, 1.807) is 24.3 Å². The van der Waals surface area contributed by atoms with Gasteiger partial charge in [-0.2, -0.15) is 0 Å². The molecule has 110 valence electrons. The number of hydrogen-bond acceptors (Lipinski definition) is 3. The molecule has 0 radical (unpaired) electrons. The van der Waals surface area contributed by atoms with Crippen LogP contribution in [0.2, 0.25) is 0 Å². The summed E-state index contributed by atoms with van der Waals surface area (Å²) in [6, 6.07) is 9.63. The van der Waals surface area contributed by atoms with Gasteiger partial charge in [0.1, 0.15) is 5.82 Å². The van der Waals surface area contributed by atoms with Gasteiger partial charge >= 0.3 is 0 Å². The van der Waals surface area contributed by atoms with E-state index in [9.17, 15) is 17.6 Å². The topological polar surface area (TPSA) is 89.3 Å². The molecule has 21 heavy (non-hydrogen) atoms. The van der Waals surface area contributed by atoms with Gasteiger partial charge in [-0.3, -0.25) is 4.79 Å². The van der Waals surface area contributed by atoms with Crippen molar-refractivity contribution in [3.63, 3.8) is 0 Å². The summed E-state index contributed by atoms with van der Waals surface area (Å²) in [5.74, 6) is -1.29. The lowest BCUT2D eigenvalue weighted by molar-refractivity contribution is 0.102. The summed E-state index contributed by atoms with van der Waals surface area (Å²) in [5, 5.41) is 7.30. The lowest BCUT2D eigenvalue weighted by atomic mass is 10.2. The van der Waals surface area contributed by atoms with Crippen LogP contribution in [0.15, 0.2) is 47.4 Å². The molecule has 0 aliphatic rings. The van der Waals surface area contributed by atoms with Crippen molar-refractivity contribution in [2.75, 3.05) is 5.32 Å². The first-order valence-corrected chi connectivity index (χ1v) is 8.29. The van der Waals surface area contributed by atoms with Gasteiger partial charge < -0.3 is 5.32 Å². The number of benzene rings is 2. The minimum Gasteiger partial charge on any atom is -0.319 e. The molecule has 0 saturated heterocycles. The molecular weight excluding hydrogens is 410 g/mol. The maximum atomic E-state index is 13.7. The summed E-state index contributed by atoms with van der Waals surface area (Å²) in [6.07, 6.45) is 0. The van der Waals surface area contributed by atoms with Crippen LogP contribution >= 0.6 is 22.6 Å². The predicted octanol–water partition coefficient (Wildman–Crippen LogP) is 2.33. The maximum Gasteiger partial charge on any atom is 0.255 e. The first kappa shape index (κ1) is 15.9. The van der Waals surface area contributed by atoms with Crippen molar-refractivity contribution in [2.24, 2.45) is 5.14 Å². The van der Waals surface area contributed by atoms with Crippen LogP contribution in [0.25, 0.3) is 0 Å². The number of nitrogens with one attached hydrogen (secondary N) is 1. The van der Waals surface area contributed by atoms with Gasteiger partial charge in [-0.25, -0.2) is 17.9 Å². The lowest BCUT2D eigenvalue weighted by Crippen LogP contribution is -2.16. The van der Waals surface area contributed by atoms with Crippen molar-refractivity contribution in [1.29, 1.82) is 0 Å². The first-order chi connectivity index (χ1) is 9.77. The second-order valence-electron chi connectivity index (χ2n) is 4.15. The molecule has 3 N–H and O–H groups in total. The van der Waals surface area contributed by atoms with Crippen molar-refractivity contribution in [3.8, 4) is 0 Å². The number of nitrogens with two attached hydrogens (primary N) is 1. The fraction of sp³-hybridized carbons (Fsp3) is 0. The number of hydrogen-bond donors (Lipinski definition) is 2. The van der Waals surface area contributed by atoms with Crippen LogP contribution in [-0.4, -0.2) is 14.3 Å². The Hall–Kier alpha value is -1.52. The van der Waals surface area contributed by atoms with E-state index >= 15 is 0 Å². The normalized spacial score (nSPS) is 11.2. The quantitative estimate of drug-likeness (QED) is 0.748. The summed E-state index contributed by atoms with van der Waals surface area (Å²) in [4.78, 5) is 11.7. The number of carbonyl (C=O) groups is 1. The summed E-state index contributed by atoms with van der Waals surface area (Å²) in [7, 11) is -3.97. The van der Waals surface area contributed by atoms with Gasteiger partial charge in [0.2, 0.25) is 10.0 Å². The highest BCUT2D eigenvalue weighted by molar-refractivity contribution is 14.1. The fourth-order valence-electron chi connectivity index (χ4n) is 1.60. The van der Waals surface area contributed by atoms with Gasteiger partial charge in [0.15, 0.2) is 0 Å². The van der Waals surface area contributed by atoms with Gasteiger partial charge in [0.05, 0.1) is 10.6 Å². The number of primary sulfonamides is 1. The van der Waals surface area contributed by atoms with E-state index in [0.717, 1.165) is 21.8 Å². The summed E-state index contributed by atoms with van der Waals surface area (Å²) in [6.45, 7) is 0. The molecule has 2 aromatic carbocycles. The Morgan fingerprint density at radius 3 is 2.52 bits per heavy atom. The van der Waals surface area contributed by atoms with Crippen LogP contribution in [0.3, 0.4) is 0 Å². The number of halogens is 2. The minimum absolute atomic E-state index is 0.245. The fourth-order valence-corrected chi connectivity index (χ4v) is 2.68. The van der Waals surface area contributed by atoms with E-state index < -0.39 is 21.7 Å². The SMILES string of the molecule is NS(=O)(=O)c1ccc(F)c(NC(=O)c2cccc(I)c2)c1. The molecule has 0 saturated carbocycles. The molecule has 0 bridgehead atoms. The summed E-state index contributed by atoms with van der Waals surface area (Å²) >= 11 is 2.04. The Labute approximate surface area is 134 Å². The van der Waals surface area contributed by atoms with E-state index in [2.05, 4.69) is 5.32 Å². The van der Waals surface area contributed by atoms with E-state index in [0.29, 0.717) is 5.56 Å². The van der Waals surface area contributed by atoms with Crippen molar-refractivity contribution >= 4 is 44.2 Å². The molecule has 0 aliphatic carbocycles. The summed E-state index contributed by atoms with van der Waals surface area (Å²) in [5.41, 5.74) is 0.0905. The highest BCUT2D eigenvalue weighted by atomic mass is 127. The number of sulfonamides is 1. The molecule has 0 heterocycles. The Morgan fingerprint density at radius 1 is 1.19 bits per heavy atom. The monoisotopic (exact) mass is 420 g/mol. The molecule has 2 aromatic rings. The third-order valence-corrected chi connectivity index (χ3v) is 4.18. The average molecular weight is 420 g/mol. The van der Waals surface area contributed by atoms with Gasteiger partial charge in [-0.15, -0.1) is 0 Å². The van der Waals surface area contributed by atoms with Crippen molar-refractivity contribution in [1.82, 2.24) is 0 Å². The lowest BCUT2D eigenvalue weighted by Gasteiger charge is -2.08. The molecule has 5 nitrogen and oxygen atoms in total. The van der Waals surface area contributed by atoms with E-state index in [4.69, 9.17) is 5.14 Å². The molecule has 0 spiro atoms. The van der Waals surface area contributed by atoms with Crippen LogP contribution in [0, 0.1) is 9.39 Å². The number of anilines is 1. The molecule has 0 fully saturated rings. The van der Waals surface area contributed by atoms with Crippen LogP contribution < -0.4 is 10.5 Å². The molecular formula is C13H10FIN2O3S. The van der Waals surface area contributed by atoms with Gasteiger partial charge in [0.25, 0.3) is 5.91 Å². The van der Waals surface area contributed by atoms with Gasteiger partial charge in [-0.05, 0) is 59.0 Å². The van der Waals surface area contributed by atoms with Crippen molar-refractivity contribution in [2.45, 2.75) is 4.90 Å². The minimum atomic E-state index is -3.97. The maximum absolute atomic E-state index is 13.7. The molecule has 1 amide bonds. The summed E-state index contributed by atoms with van der Waals surface area (Å²) < 4.78 is 37.0. The van der Waals surface area contributed by atoms with E-state index in [-0.39, 0.29) is 10.6 Å². The Bertz CT molecular complexity index is 809. The molecule has 0 unspecified atom stereocenters. The largest absolute Gasteiger partial charge is 0.319 e. The highest BCUT2D eigenvalue weighted by Crippen LogP contribution is 2.20. The highest BCUT2D eigenvalue weighted by Gasteiger charge is 2.14. The standard InChI is InChI=1S/C13H10FIN2O3S/c14-11-5-4-10(21(16,19)20)7-12(11)17-13(18)8-2-1-3-9(15)6-8/h1-7H,(H,17,18)(H2,16,19,20). The third kappa shape index (κ3) is 3.99. The van der Waals surface area contributed by atoms with Crippen LogP contribution in [0.1, 0.15) is 10.4 Å². The van der Waals surface area contributed by atoms with Crippen LogP contribution in [-0.2, 0) is 10.0 Å². The van der Waals surface area contributed by atoms with Crippen molar-refractivity contribution in [3.05, 3.63) is 57.4 Å². The smallest absolute Gasteiger partial charge is 0.255 e. The van der Waals surface area contributed by atoms with E-state index in [1.807, 2.05) is 22.6 Å². The predicted molar refractivity (Wildman–Crippen MR) is 84.9 cm³/mol. The molecule has 0 aliphatic heterocycles. The molecule has 8 heteroatoms. The number of carbonyl (C=O) groups excluding carboxylic acids is 1. The first-order valence-electron chi connectivity index (χ1n) is 5.66. The Balaban J connectivity index is 2.33. The van der Waals surface area contributed by atoms with Crippen LogP contribution in [0.4, 0.5) is 10.1 Å². The van der Waals surface area contributed by atoms with Gasteiger partial charge in [-0.1, -0.05) is 6.07 Å². The Morgan fingerprint density at radius 2 is 1.90 bits per heavy atom. The van der Waals surface area contributed by atoms with Crippen LogP contribution in [0.5, 0.6) is 0 Å². The molecule has 0 atom stereocenters. The van der Waals surface area contributed by atoms with Gasteiger partial charge in [0, 0.05) is 9.13 Å². The van der Waals surface area contributed by atoms with Crippen molar-refractivity contribution < 1.29 is 17.6 Å². The zero-order valence-electron chi connectivity index (χ0n) is 10.5. The zero-order valence-corrected chi connectivity index (χ0v) is 13.5. The second-order valence-corrected chi connectivity index (χ2v) is 6.96. The Kier molecular flexibility index (Phi) is 4.59. The third-order valence-electron chi connectivity index (χ3n) is 2.60. The second kappa shape index (κ2) is 6.08. The number of amides is 1.